The van der Waals surface area contributed by atoms with E-state index in [0.29, 0.717) is 5.56 Å². The molecule has 4 rings (SSSR count). The van der Waals surface area contributed by atoms with E-state index in [2.05, 4.69) is 26.8 Å². The molecule has 1 atom stereocenters. The van der Waals surface area contributed by atoms with E-state index in [1.807, 2.05) is 38.5 Å². The van der Waals surface area contributed by atoms with Crippen molar-refractivity contribution in [1.82, 2.24) is 14.7 Å². The van der Waals surface area contributed by atoms with Gasteiger partial charge in [-0.1, -0.05) is 17.6 Å². The summed E-state index contributed by atoms with van der Waals surface area (Å²) in [7, 11) is 0. The van der Waals surface area contributed by atoms with Crippen LogP contribution in [0.3, 0.4) is 0 Å². The van der Waals surface area contributed by atoms with Crippen LogP contribution in [-0.2, 0) is 6.42 Å². The second-order valence-electron chi connectivity index (χ2n) is 6.67. The van der Waals surface area contributed by atoms with Crippen molar-refractivity contribution in [1.29, 1.82) is 5.26 Å². The molecule has 1 aliphatic rings. The third kappa shape index (κ3) is 2.64. The normalized spacial score (nSPS) is 16.9. The van der Waals surface area contributed by atoms with Gasteiger partial charge in [0.25, 0.3) is 0 Å². The number of imidazole rings is 1. The SMILES string of the molecule is Cc1noc(C)c1-c1cc(C#N)ccc1C1CCCCc2cncn21. The van der Waals surface area contributed by atoms with E-state index in [4.69, 9.17) is 4.52 Å². The lowest BCUT2D eigenvalue weighted by Gasteiger charge is -2.22. The van der Waals surface area contributed by atoms with E-state index in [9.17, 15) is 5.26 Å². The van der Waals surface area contributed by atoms with E-state index in [1.165, 1.54) is 24.1 Å². The highest BCUT2D eigenvalue weighted by atomic mass is 16.5. The van der Waals surface area contributed by atoms with Crippen molar-refractivity contribution in [2.75, 3.05) is 0 Å². The fourth-order valence-corrected chi connectivity index (χ4v) is 3.89. The van der Waals surface area contributed by atoms with Crippen molar-refractivity contribution in [3.63, 3.8) is 0 Å². The van der Waals surface area contributed by atoms with Crippen molar-refractivity contribution in [2.45, 2.75) is 45.6 Å². The minimum Gasteiger partial charge on any atom is -0.361 e. The van der Waals surface area contributed by atoms with Gasteiger partial charge in [0, 0.05) is 17.5 Å². The number of nitriles is 1. The Labute approximate surface area is 146 Å². The quantitative estimate of drug-likeness (QED) is 0.700. The molecule has 1 aliphatic heterocycles. The molecule has 0 radical (unpaired) electrons. The fraction of sp³-hybridized carbons (Fsp3) is 0.350. The molecule has 25 heavy (non-hydrogen) atoms. The van der Waals surface area contributed by atoms with E-state index in [-0.39, 0.29) is 6.04 Å². The average molecular weight is 332 g/mol. The number of benzene rings is 1. The first-order chi connectivity index (χ1) is 12.2. The lowest BCUT2D eigenvalue weighted by atomic mass is 9.90. The lowest BCUT2D eigenvalue weighted by molar-refractivity contribution is 0.393. The maximum Gasteiger partial charge on any atom is 0.141 e. The molecule has 5 heteroatoms. The summed E-state index contributed by atoms with van der Waals surface area (Å²) >= 11 is 0. The zero-order valence-corrected chi connectivity index (χ0v) is 14.5. The molecular weight excluding hydrogens is 312 g/mol. The van der Waals surface area contributed by atoms with E-state index >= 15 is 0 Å². The first-order valence-corrected chi connectivity index (χ1v) is 8.67. The summed E-state index contributed by atoms with van der Waals surface area (Å²) in [6, 6.07) is 8.42. The predicted molar refractivity (Wildman–Crippen MR) is 94.0 cm³/mol. The smallest absolute Gasteiger partial charge is 0.141 e. The van der Waals surface area contributed by atoms with Crippen molar-refractivity contribution >= 4 is 0 Å². The van der Waals surface area contributed by atoms with Gasteiger partial charge in [-0.25, -0.2) is 4.98 Å². The number of aryl methyl sites for hydroxylation is 3. The second kappa shape index (κ2) is 6.21. The van der Waals surface area contributed by atoms with Gasteiger partial charge in [-0.2, -0.15) is 5.26 Å². The second-order valence-corrected chi connectivity index (χ2v) is 6.67. The summed E-state index contributed by atoms with van der Waals surface area (Å²) in [5.74, 6) is 0.785. The monoisotopic (exact) mass is 332 g/mol. The van der Waals surface area contributed by atoms with Crippen molar-refractivity contribution in [3.8, 4) is 17.2 Å². The van der Waals surface area contributed by atoms with Crippen LogP contribution in [0.15, 0.2) is 35.2 Å². The summed E-state index contributed by atoms with van der Waals surface area (Å²) in [4.78, 5) is 4.36. The maximum absolute atomic E-state index is 9.36. The first-order valence-electron chi connectivity index (χ1n) is 8.67. The average Bonchev–Trinajstić information content (AvgIpc) is 3.16. The summed E-state index contributed by atoms with van der Waals surface area (Å²) < 4.78 is 7.68. The molecule has 126 valence electrons. The molecule has 0 spiro atoms. The van der Waals surface area contributed by atoms with Crippen LogP contribution in [0.5, 0.6) is 0 Å². The Morgan fingerprint density at radius 2 is 2.16 bits per heavy atom. The fourth-order valence-electron chi connectivity index (χ4n) is 3.89. The molecule has 3 heterocycles. The minimum atomic E-state index is 0.219. The molecule has 1 aromatic carbocycles. The highest BCUT2D eigenvalue weighted by molar-refractivity contribution is 5.73. The molecule has 5 nitrogen and oxygen atoms in total. The van der Waals surface area contributed by atoms with E-state index < -0.39 is 0 Å². The Bertz CT molecular complexity index is 941. The van der Waals surface area contributed by atoms with E-state index in [0.717, 1.165) is 35.4 Å². The molecule has 0 aliphatic carbocycles. The molecule has 0 fully saturated rings. The van der Waals surface area contributed by atoms with Crippen LogP contribution in [0.4, 0.5) is 0 Å². The Morgan fingerprint density at radius 1 is 1.28 bits per heavy atom. The first kappa shape index (κ1) is 15.6. The van der Waals surface area contributed by atoms with Crippen LogP contribution < -0.4 is 0 Å². The van der Waals surface area contributed by atoms with Gasteiger partial charge in [0.15, 0.2) is 0 Å². The number of nitrogens with zero attached hydrogens (tertiary/aromatic N) is 4. The molecule has 0 saturated heterocycles. The van der Waals surface area contributed by atoms with Crippen LogP contribution in [0.25, 0.3) is 11.1 Å². The van der Waals surface area contributed by atoms with Gasteiger partial charge < -0.3 is 9.09 Å². The van der Waals surface area contributed by atoms with Crippen molar-refractivity contribution in [3.05, 3.63) is 59.0 Å². The number of hydrogen-bond donors (Lipinski definition) is 0. The molecule has 0 saturated carbocycles. The number of fused-ring (bicyclic) bond motifs is 1. The molecule has 2 aromatic heterocycles. The maximum atomic E-state index is 9.36. The van der Waals surface area contributed by atoms with Gasteiger partial charge in [0.2, 0.25) is 0 Å². The summed E-state index contributed by atoms with van der Waals surface area (Å²) in [5, 5.41) is 13.5. The van der Waals surface area contributed by atoms with Crippen LogP contribution >= 0.6 is 0 Å². The van der Waals surface area contributed by atoms with Gasteiger partial charge >= 0.3 is 0 Å². The molecule has 3 aromatic rings. The topological polar surface area (TPSA) is 67.6 Å². The van der Waals surface area contributed by atoms with E-state index in [1.54, 1.807) is 0 Å². The standard InChI is InChI=1S/C20H20N4O/c1-13-20(14(2)25-23-13)18-9-15(10-21)7-8-17(18)19-6-4-3-5-16-11-22-12-24(16)19/h7-9,11-12,19H,3-6H2,1-2H3. The van der Waals surface area contributed by atoms with Crippen LogP contribution in [0.1, 0.15) is 53.6 Å². The Morgan fingerprint density at radius 3 is 2.92 bits per heavy atom. The summed E-state index contributed by atoms with van der Waals surface area (Å²) in [5.41, 5.74) is 6.03. The Kier molecular flexibility index (Phi) is 3.89. The van der Waals surface area contributed by atoms with Crippen LogP contribution in [0, 0.1) is 25.2 Å². The van der Waals surface area contributed by atoms with Crippen molar-refractivity contribution < 1.29 is 4.52 Å². The Hall–Kier alpha value is -2.87. The van der Waals surface area contributed by atoms with Gasteiger partial charge in [-0.15, -0.1) is 0 Å². The van der Waals surface area contributed by atoms with Crippen molar-refractivity contribution in [2.24, 2.45) is 0 Å². The van der Waals surface area contributed by atoms with Crippen LogP contribution in [-0.4, -0.2) is 14.7 Å². The number of aromatic nitrogens is 3. The van der Waals surface area contributed by atoms with Crippen LogP contribution in [0.2, 0.25) is 0 Å². The predicted octanol–water partition coefficient (Wildman–Crippen LogP) is 4.34. The largest absolute Gasteiger partial charge is 0.361 e. The third-order valence-corrected chi connectivity index (χ3v) is 5.09. The third-order valence-electron chi connectivity index (χ3n) is 5.09. The highest BCUT2D eigenvalue weighted by Crippen LogP contribution is 2.38. The molecule has 0 bridgehead atoms. The molecule has 0 amide bonds. The zero-order chi connectivity index (χ0) is 17.4. The minimum absolute atomic E-state index is 0.219. The molecule has 1 unspecified atom stereocenters. The zero-order valence-electron chi connectivity index (χ0n) is 14.5. The summed E-state index contributed by atoms with van der Waals surface area (Å²) in [6.07, 6.45) is 8.38. The number of rotatable bonds is 2. The van der Waals surface area contributed by atoms with Gasteiger partial charge in [0.05, 0.1) is 29.7 Å². The van der Waals surface area contributed by atoms with Gasteiger partial charge in [-0.05, 0) is 56.4 Å². The lowest BCUT2D eigenvalue weighted by Crippen LogP contribution is -2.12. The van der Waals surface area contributed by atoms with Gasteiger partial charge in [-0.3, -0.25) is 0 Å². The van der Waals surface area contributed by atoms with Gasteiger partial charge in [0.1, 0.15) is 5.76 Å². The Balaban J connectivity index is 1.93. The molecular formula is C20H20N4O. The molecule has 0 N–H and O–H groups in total. The number of hydrogen-bond acceptors (Lipinski definition) is 4. The summed E-state index contributed by atoms with van der Waals surface area (Å²) in [6.45, 7) is 3.87. The highest BCUT2D eigenvalue weighted by Gasteiger charge is 2.25.